The third-order valence-electron chi connectivity index (χ3n) is 17.2. The van der Waals surface area contributed by atoms with Crippen LogP contribution in [0.5, 0.6) is 0 Å². The third kappa shape index (κ3) is 25.0. The van der Waals surface area contributed by atoms with Crippen LogP contribution in [-0.4, -0.2) is 413 Å². The van der Waals surface area contributed by atoms with Crippen molar-refractivity contribution in [2.45, 2.75) is 231 Å². The van der Waals surface area contributed by atoms with E-state index in [2.05, 4.69) is 26.7 Å². The fourth-order valence-corrected chi connectivity index (χ4v) is 12.1. The second kappa shape index (κ2) is 44.7. The van der Waals surface area contributed by atoms with E-state index in [1.54, 1.807) is 0 Å². The number of carbonyl (C=O) groups is 5. The van der Waals surface area contributed by atoms with Crippen LogP contribution in [0.1, 0.15) is 41.0 Å². The van der Waals surface area contributed by atoms with Gasteiger partial charge in [0.25, 0.3) is 0 Å². The topological polar surface area (TPSA) is 649 Å². The number of ether oxygens (including phenoxy) is 16. The molecule has 6 saturated heterocycles. The van der Waals surface area contributed by atoms with Crippen molar-refractivity contribution in [2.24, 2.45) is 0 Å². The van der Waals surface area contributed by atoms with Gasteiger partial charge in [-0.25, -0.2) is 0 Å². The second-order valence-corrected chi connectivity index (χ2v) is 24.9. The molecule has 0 aromatic rings. The SMILES string of the molecule is CC(=O)N[C@H]1[C@H](OC2[C@@H](CO)O[C@@H](O)[C@H](NC(C)=O)[C@H]2O)O[C@H](CO)[C@@H](ONCCOCCOCCOCCOCCOCCO[C@@H]2O[C@H](CO)[C@@H](O[C@@H]3O[C@H](CO)[C@H](O)[C@H](O[C@]4(C(=O)[O-])C[C@H](O)[C@@H](NC(C)=O)C([C@H](O)[C@H](O)CO)O4)[C@H]3O)[C@H](OC3O[C@@H](C)[C@@H](O)[C@@H](O)[C@@H]3O)[C@H]2NC(C)=O)[C@@H]1O.[Na+]. The molecule has 3 unspecified atom stereocenters. The van der Waals surface area contributed by atoms with E-state index in [1.165, 1.54) is 6.92 Å². The number of hydrogen-bond acceptors (Lipinski definition) is 40. The molecule has 6 aliphatic rings. The smallest absolute Gasteiger partial charge is 0.544 e. The Morgan fingerprint density at radius 1 is 0.471 bits per heavy atom. The number of carbonyl (C=O) groups excluding carboxylic acids is 5. The molecule has 44 nitrogen and oxygen atoms in total. The van der Waals surface area contributed by atoms with Gasteiger partial charge >= 0.3 is 29.6 Å². The van der Waals surface area contributed by atoms with Crippen molar-refractivity contribution in [3.05, 3.63) is 0 Å². The number of hydroxylamine groups is 1. The summed E-state index contributed by atoms with van der Waals surface area (Å²) in [5.74, 6) is -8.42. The first kappa shape index (κ1) is 91.6. The first-order valence-electron chi connectivity index (χ1n) is 33.3. The zero-order valence-electron chi connectivity index (χ0n) is 58.1. The van der Waals surface area contributed by atoms with Crippen LogP contribution < -0.4 is 61.4 Å². The first-order chi connectivity index (χ1) is 49.0. The molecule has 0 saturated carbocycles. The molecule has 6 rings (SSSR count). The van der Waals surface area contributed by atoms with Crippen molar-refractivity contribution in [3.63, 3.8) is 0 Å². The van der Waals surface area contributed by atoms with E-state index in [0.29, 0.717) is 0 Å². The predicted octanol–water partition coefficient (Wildman–Crippen LogP) is -18.0. The Bertz CT molecular complexity index is 2560. The molecule has 4 amide bonds. The van der Waals surface area contributed by atoms with Gasteiger partial charge in [-0.1, -0.05) is 0 Å². The van der Waals surface area contributed by atoms with Crippen LogP contribution >= 0.6 is 0 Å². The molecule has 0 aromatic heterocycles. The van der Waals surface area contributed by atoms with E-state index in [1.807, 2.05) is 0 Å². The summed E-state index contributed by atoms with van der Waals surface area (Å²) in [6.45, 7) is 1.87. The molecule has 6 fully saturated rings. The summed E-state index contributed by atoms with van der Waals surface area (Å²) in [6, 6.07) is -6.00. The van der Waals surface area contributed by atoms with Gasteiger partial charge in [0.05, 0.1) is 124 Å². The Hall–Kier alpha value is -3.01. The molecule has 6 aliphatic heterocycles. The van der Waals surface area contributed by atoms with Crippen molar-refractivity contribution in [1.82, 2.24) is 26.7 Å². The first-order valence-corrected chi connectivity index (χ1v) is 33.3. The molecule has 0 radical (unpaired) electrons. The van der Waals surface area contributed by atoms with E-state index < -0.39 is 259 Å². The van der Waals surface area contributed by atoms with Crippen LogP contribution in [0.15, 0.2) is 0 Å². The standard InChI is InChI=1S/C59H103N5O39.Na/c1-24-39(76)44(81)45(82)56(93-24)100-51-38(64-28(5)73)54(96-34(23-69)49(51)99-57-46(83)52(41(78)31(20-66)95-57)102-59(58(85)86)18-29(74)35(61-25(2)70)50(101-59)40(77)30(75)19-65)92-17-16-91-15-14-90-13-12-89-11-10-88-9-8-87-7-6-60-103-48-33(22-68)97-55(37(43(48)80)63-27(4)72)98-47-32(21-67)94-53(84)36(42(47)79)62-26(3)71;/h24,29-57,60,65-69,74-84H,6-23H2,1-5H3,(H,61,70)(H,62,71)(H,63,72)(H,64,73)(H,85,86);/q;+1/p-1/t24-,29-,30+,31+,32+,33+,34+,35+,36+,37+,38+,39+,40+,41-,42+,43+,44+,45-,46+,47?,48+,49+,50?,51+,52-,53+,54+,55-,56?,57-,59-;/m0./s1. The Labute approximate surface area is 617 Å². The van der Waals surface area contributed by atoms with E-state index in [-0.39, 0.29) is 109 Å². The fourth-order valence-electron chi connectivity index (χ4n) is 12.1. The van der Waals surface area contributed by atoms with Crippen molar-refractivity contribution < 1.29 is 221 Å². The van der Waals surface area contributed by atoms with Gasteiger partial charge in [0.1, 0.15) is 140 Å². The van der Waals surface area contributed by atoms with Crippen LogP contribution in [0, 0.1) is 0 Å². The Balaban J connectivity index is 0.0000194. The van der Waals surface area contributed by atoms with E-state index in [4.69, 9.17) is 80.6 Å². The fraction of sp³-hybridized carbons (Fsp3) is 0.915. The van der Waals surface area contributed by atoms with E-state index in [0.717, 1.165) is 27.7 Å². The van der Waals surface area contributed by atoms with Crippen molar-refractivity contribution >= 4 is 29.6 Å². The van der Waals surface area contributed by atoms with Crippen molar-refractivity contribution in [2.75, 3.05) is 112 Å². The molecule has 45 heteroatoms. The minimum atomic E-state index is -3.29. The van der Waals surface area contributed by atoms with Gasteiger partial charge in [0, 0.05) is 40.7 Å². The molecular formula is C59H102N5NaO39. The van der Waals surface area contributed by atoms with E-state index >= 15 is 0 Å². The van der Waals surface area contributed by atoms with Gasteiger partial charge < -0.3 is 189 Å². The summed E-state index contributed by atoms with van der Waals surface area (Å²) >= 11 is 0. The molecule has 6 heterocycles. The summed E-state index contributed by atoms with van der Waals surface area (Å²) in [6.07, 6.45) is -48.1. The molecule has 598 valence electrons. The monoisotopic (exact) mass is 1530 g/mol. The van der Waals surface area contributed by atoms with E-state index in [9.17, 15) is 111 Å². The maximum atomic E-state index is 13.1. The summed E-state index contributed by atoms with van der Waals surface area (Å²) in [4.78, 5) is 67.7. The van der Waals surface area contributed by atoms with Crippen LogP contribution in [0.4, 0.5) is 0 Å². The number of hydrogen-bond donors (Lipinski definition) is 21. The van der Waals surface area contributed by atoms with Crippen LogP contribution in [-0.2, 0) is 105 Å². The zero-order chi connectivity index (χ0) is 76.0. The average Bonchev–Trinajstić information content (AvgIpc) is 0.766. The Morgan fingerprint density at radius 3 is 1.46 bits per heavy atom. The normalized spacial score (nSPS) is 38.8. The largest absolute Gasteiger partial charge is 1.00 e. The number of amides is 4. The van der Waals surface area contributed by atoms with Crippen LogP contribution in [0.25, 0.3) is 0 Å². The second-order valence-electron chi connectivity index (χ2n) is 24.9. The molecule has 0 spiro atoms. The Kier molecular flexibility index (Phi) is 39.4. The summed E-state index contributed by atoms with van der Waals surface area (Å²) < 4.78 is 92.2. The molecule has 0 bridgehead atoms. The van der Waals surface area contributed by atoms with Gasteiger partial charge in [-0.2, -0.15) is 5.48 Å². The maximum absolute atomic E-state index is 13.1. The van der Waals surface area contributed by atoms with Crippen molar-refractivity contribution in [3.8, 4) is 0 Å². The molecule has 21 N–H and O–H groups in total. The third-order valence-corrected chi connectivity index (χ3v) is 17.2. The number of carboxylic acids is 1. The quantitative estimate of drug-likeness (QED) is 0.0154. The van der Waals surface area contributed by atoms with Gasteiger partial charge in [0.2, 0.25) is 29.4 Å². The minimum Gasteiger partial charge on any atom is -0.544 e. The average molecular weight is 1530 g/mol. The molecular weight excluding hydrogens is 1430 g/mol. The maximum Gasteiger partial charge on any atom is 1.00 e. The number of rotatable bonds is 41. The number of nitrogens with one attached hydrogen (secondary N) is 5. The molecule has 0 aliphatic carbocycles. The van der Waals surface area contributed by atoms with Crippen LogP contribution in [0.2, 0.25) is 0 Å². The van der Waals surface area contributed by atoms with Gasteiger partial charge in [-0.05, 0) is 6.92 Å². The molecule has 0 aromatic carbocycles. The number of aliphatic hydroxyl groups excluding tert-OH is 16. The number of aliphatic hydroxyl groups is 16. The zero-order valence-corrected chi connectivity index (χ0v) is 60.1. The van der Waals surface area contributed by atoms with Crippen LogP contribution in [0.3, 0.4) is 0 Å². The summed E-state index contributed by atoms with van der Waals surface area (Å²) in [5, 5.41) is 195. The summed E-state index contributed by atoms with van der Waals surface area (Å²) in [7, 11) is 0. The number of carboxylic acid groups (broad SMARTS) is 1. The van der Waals surface area contributed by atoms with Gasteiger partial charge in [0.15, 0.2) is 31.5 Å². The predicted molar refractivity (Wildman–Crippen MR) is 327 cm³/mol. The molecule has 31 atom stereocenters. The molecule has 104 heavy (non-hydrogen) atoms. The minimum absolute atomic E-state index is 0. The number of aliphatic carboxylic acids is 1. The van der Waals surface area contributed by atoms with Gasteiger partial charge in [-0.3, -0.25) is 24.0 Å². The van der Waals surface area contributed by atoms with Crippen molar-refractivity contribution in [1.29, 1.82) is 0 Å². The Morgan fingerprint density at radius 2 is 0.923 bits per heavy atom. The van der Waals surface area contributed by atoms with Gasteiger partial charge in [-0.15, -0.1) is 0 Å². The summed E-state index contributed by atoms with van der Waals surface area (Å²) in [5.41, 5.74) is 2.62.